The van der Waals surface area contributed by atoms with Gasteiger partial charge in [-0.05, 0) is 54.7 Å². The van der Waals surface area contributed by atoms with Gasteiger partial charge >= 0.3 is 11.9 Å². The molecule has 0 atom stereocenters. The van der Waals surface area contributed by atoms with E-state index < -0.39 is 23.8 Å². The van der Waals surface area contributed by atoms with E-state index in [1.54, 1.807) is 30.3 Å². The predicted molar refractivity (Wildman–Crippen MR) is 143 cm³/mol. The van der Waals surface area contributed by atoms with Crippen LogP contribution in [0.2, 0.25) is 0 Å². The summed E-state index contributed by atoms with van der Waals surface area (Å²) in [6, 6.07) is 14.1. The van der Waals surface area contributed by atoms with Crippen LogP contribution in [0.3, 0.4) is 0 Å². The summed E-state index contributed by atoms with van der Waals surface area (Å²) in [6.07, 6.45) is 2.10. The lowest BCUT2D eigenvalue weighted by molar-refractivity contribution is -0.197. The van der Waals surface area contributed by atoms with E-state index in [2.05, 4.69) is 0 Å². The van der Waals surface area contributed by atoms with Crippen LogP contribution in [0, 0.1) is 0 Å². The number of rotatable bonds is 9. The van der Waals surface area contributed by atoms with E-state index in [4.69, 9.17) is 9.25 Å². The molecule has 0 spiro atoms. The molecule has 2 aliphatic heterocycles. The van der Waals surface area contributed by atoms with Gasteiger partial charge in [-0.2, -0.15) is 0 Å². The quantitative estimate of drug-likeness (QED) is 0.174. The van der Waals surface area contributed by atoms with Crippen molar-refractivity contribution in [3.63, 3.8) is 0 Å². The van der Waals surface area contributed by atoms with Crippen LogP contribution in [0.5, 0.6) is 5.75 Å². The van der Waals surface area contributed by atoms with E-state index in [0.717, 1.165) is 0 Å². The summed E-state index contributed by atoms with van der Waals surface area (Å²) in [5.41, 5.74) is 2.33. The molecule has 0 bridgehead atoms. The Morgan fingerprint density at radius 1 is 0.900 bits per heavy atom. The summed E-state index contributed by atoms with van der Waals surface area (Å²) in [7, 11) is 0. The van der Waals surface area contributed by atoms with Crippen LogP contribution in [0.1, 0.15) is 54.4 Å². The average molecular weight is 544 g/mol. The Bertz CT molecular complexity index is 1670. The number of aromatic hydroxyl groups is 1. The van der Waals surface area contributed by atoms with Crippen molar-refractivity contribution in [3.8, 4) is 28.2 Å². The first-order valence-corrected chi connectivity index (χ1v) is 12.8. The molecule has 2 aromatic carbocycles. The Morgan fingerprint density at radius 2 is 1.68 bits per heavy atom. The molecule has 40 heavy (non-hydrogen) atoms. The smallest absolute Gasteiger partial charge is 0.336 e. The van der Waals surface area contributed by atoms with Gasteiger partial charge in [0.1, 0.15) is 17.1 Å². The largest absolute Gasteiger partial charge is 0.508 e. The van der Waals surface area contributed by atoms with Gasteiger partial charge in [-0.15, -0.1) is 5.06 Å². The first-order chi connectivity index (χ1) is 19.2. The number of aromatic carboxylic acids is 1. The van der Waals surface area contributed by atoms with Crippen LogP contribution in [-0.2, 0) is 25.6 Å². The molecule has 1 fully saturated rings. The van der Waals surface area contributed by atoms with Crippen LogP contribution in [-0.4, -0.2) is 39.0 Å². The number of hydrogen-bond acceptors (Lipinski definition) is 8. The number of phenolic OH excluding ortho intramolecular Hbond substituents is 1. The van der Waals surface area contributed by atoms with Gasteiger partial charge in [0.2, 0.25) is 0 Å². The number of unbranched alkanes of at least 4 members (excludes halogenated alkanes) is 2. The molecule has 10 nitrogen and oxygen atoms in total. The normalized spacial score (nSPS) is 13.3. The monoisotopic (exact) mass is 543 g/mol. The number of phenols is 1. The molecular formula is C30H25NO9. The number of amides is 2. The van der Waals surface area contributed by atoms with Gasteiger partial charge in [0.15, 0.2) is 5.43 Å². The SMILES string of the molecule is O=C(CCCCCc1cccc(-c2c3ccc(=O)cc-3oc3cc(O)ccc23)c1C(=O)O)ON1C(=O)CCC1=O. The number of nitrogens with zero attached hydrogens (tertiary/aromatic N) is 1. The summed E-state index contributed by atoms with van der Waals surface area (Å²) in [6.45, 7) is 0. The third kappa shape index (κ3) is 5.28. The predicted octanol–water partition coefficient (Wildman–Crippen LogP) is 4.68. The minimum atomic E-state index is -1.12. The van der Waals surface area contributed by atoms with Crippen LogP contribution in [0.25, 0.3) is 33.4 Å². The van der Waals surface area contributed by atoms with E-state index in [9.17, 15) is 34.2 Å². The molecule has 1 aliphatic carbocycles. The highest BCUT2D eigenvalue weighted by molar-refractivity contribution is 6.08. The first kappa shape index (κ1) is 26.6. The lowest BCUT2D eigenvalue weighted by Crippen LogP contribution is -2.31. The Morgan fingerprint density at radius 3 is 2.42 bits per heavy atom. The van der Waals surface area contributed by atoms with E-state index >= 15 is 0 Å². The number of imide groups is 1. The van der Waals surface area contributed by atoms with Crippen molar-refractivity contribution in [1.82, 2.24) is 5.06 Å². The van der Waals surface area contributed by atoms with Gasteiger partial charge < -0.3 is 19.5 Å². The number of hydroxylamine groups is 2. The number of aryl methyl sites for hydroxylation is 1. The van der Waals surface area contributed by atoms with Gasteiger partial charge in [0.05, 0.1) is 5.56 Å². The topological polar surface area (TPSA) is 151 Å². The Balaban J connectivity index is 1.38. The first-order valence-electron chi connectivity index (χ1n) is 12.8. The van der Waals surface area contributed by atoms with Gasteiger partial charge in [-0.1, -0.05) is 24.6 Å². The molecule has 1 saturated heterocycles. The van der Waals surface area contributed by atoms with Crippen LogP contribution in [0.15, 0.2) is 63.8 Å². The molecule has 5 rings (SSSR count). The van der Waals surface area contributed by atoms with Gasteiger partial charge in [-0.25, -0.2) is 9.59 Å². The van der Waals surface area contributed by atoms with Gasteiger partial charge in [0.25, 0.3) is 11.8 Å². The van der Waals surface area contributed by atoms with E-state index in [1.807, 2.05) is 0 Å². The number of hydrogen-bond donors (Lipinski definition) is 2. The highest BCUT2D eigenvalue weighted by atomic mass is 16.7. The summed E-state index contributed by atoms with van der Waals surface area (Å²) in [4.78, 5) is 64.7. The maximum Gasteiger partial charge on any atom is 0.336 e. The Kier molecular flexibility index (Phi) is 7.33. The van der Waals surface area contributed by atoms with Gasteiger partial charge in [0, 0.05) is 47.9 Å². The Labute approximate surface area is 227 Å². The van der Waals surface area contributed by atoms with Gasteiger partial charge in [-0.3, -0.25) is 14.4 Å². The molecule has 0 saturated carbocycles. The zero-order valence-electron chi connectivity index (χ0n) is 21.3. The highest BCUT2D eigenvalue weighted by Crippen LogP contribution is 2.42. The molecule has 0 aromatic heterocycles. The van der Waals surface area contributed by atoms with E-state index in [1.165, 1.54) is 24.3 Å². The fraction of sp³-hybridized carbons (Fsp3) is 0.233. The molecule has 0 radical (unpaired) electrons. The number of carbonyl (C=O) groups is 4. The average Bonchev–Trinajstić information content (AvgIpc) is 3.23. The van der Waals surface area contributed by atoms with Crippen molar-refractivity contribution in [2.24, 2.45) is 0 Å². The van der Waals surface area contributed by atoms with Crippen molar-refractivity contribution in [1.29, 1.82) is 0 Å². The molecular weight excluding hydrogens is 518 g/mol. The van der Waals surface area contributed by atoms with E-state index in [-0.39, 0.29) is 41.8 Å². The number of carboxylic acid groups (broad SMARTS) is 1. The molecule has 2 N–H and O–H groups in total. The van der Waals surface area contributed by atoms with Crippen LogP contribution in [0.4, 0.5) is 0 Å². The molecule has 10 heteroatoms. The van der Waals surface area contributed by atoms with Crippen molar-refractivity contribution < 1.29 is 38.6 Å². The second kappa shape index (κ2) is 11.0. The summed E-state index contributed by atoms with van der Waals surface area (Å²) in [5, 5.41) is 21.4. The maximum absolute atomic E-state index is 12.6. The van der Waals surface area contributed by atoms with Crippen molar-refractivity contribution >= 4 is 34.7 Å². The number of carboxylic acids is 1. The summed E-state index contributed by atoms with van der Waals surface area (Å²) >= 11 is 0. The maximum atomic E-state index is 12.6. The lowest BCUT2D eigenvalue weighted by atomic mass is 9.87. The second-order valence-electron chi connectivity index (χ2n) is 9.57. The van der Waals surface area contributed by atoms with Crippen molar-refractivity contribution in [3.05, 3.63) is 75.9 Å². The van der Waals surface area contributed by atoms with Crippen LogP contribution < -0.4 is 5.43 Å². The zero-order chi connectivity index (χ0) is 28.4. The molecule has 2 amide bonds. The van der Waals surface area contributed by atoms with E-state index in [0.29, 0.717) is 64.0 Å². The summed E-state index contributed by atoms with van der Waals surface area (Å²) in [5.74, 6) is -2.61. The number of carbonyl (C=O) groups excluding carboxylic acids is 3. The minimum absolute atomic E-state index is 0.0168. The minimum Gasteiger partial charge on any atom is -0.508 e. The van der Waals surface area contributed by atoms with Crippen molar-refractivity contribution in [2.75, 3.05) is 0 Å². The third-order valence-electron chi connectivity index (χ3n) is 6.84. The standard InChI is InChI=1S/C30H25NO9/c32-18-9-11-20-23(15-18)39-24-16-19(33)10-12-21(24)29(20)22-7-4-6-17(28(22)30(37)38)5-2-1-3-8-27(36)40-31-25(34)13-14-26(31)35/h4,6-7,9-12,15-16,32H,1-3,5,8,13-14H2,(H,37,38). The fourth-order valence-electron chi connectivity index (χ4n) is 4.99. The highest BCUT2D eigenvalue weighted by Gasteiger charge is 2.32. The lowest BCUT2D eigenvalue weighted by Gasteiger charge is -2.18. The molecule has 0 unspecified atom stereocenters. The molecule has 2 aromatic rings. The summed E-state index contributed by atoms with van der Waals surface area (Å²) < 4.78 is 5.88. The second-order valence-corrected chi connectivity index (χ2v) is 9.57. The molecule has 204 valence electrons. The van der Waals surface area contributed by atoms with Crippen LogP contribution >= 0.6 is 0 Å². The van der Waals surface area contributed by atoms with Crippen molar-refractivity contribution in [2.45, 2.75) is 44.9 Å². The molecule has 2 heterocycles. The number of fused-ring (bicyclic) bond motifs is 2. The zero-order valence-corrected chi connectivity index (χ0v) is 21.3. The fourth-order valence-corrected chi connectivity index (χ4v) is 4.99. The Hall–Kier alpha value is -4.99. The molecule has 3 aliphatic rings. The third-order valence-corrected chi connectivity index (χ3v) is 6.84. The number of benzene rings is 3.